The van der Waals surface area contributed by atoms with Crippen molar-refractivity contribution in [3.8, 4) is 10.6 Å². The summed E-state index contributed by atoms with van der Waals surface area (Å²) in [6.07, 6.45) is 1.87. The van der Waals surface area contributed by atoms with Crippen molar-refractivity contribution in [2.75, 3.05) is 12.3 Å². The van der Waals surface area contributed by atoms with Gasteiger partial charge in [-0.05, 0) is 17.9 Å². The zero-order valence-electron chi connectivity index (χ0n) is 12.3. The van der Waals surface area contributed by atoms with Gasteiger partial charge in [0.2, 0.25) is 5.91 Å². The van der Waals surface area contributed by atoms with Gasteiger partial charge in [-0.15, -0.1) is 34.0 Å². The Labute approximate surface area is 146 Å². The summed E-state index contributed by atoms with van der Waals surface area (Å²) in [5, 5.41) is 7.50. The molecule has 3 aromatic rings. The molecular weight excluding hydrogens is 348 g/mol. The van der Waals surface area contributed by atoms with Crippen LogP contribution in [0.3, 0.4) is 0 Å². The van der Waals surface area contributed by atoms with Crippen LogP contribution in [-0.4, -0.2) is 22.4 Å². The number of rotatable bonds is 7. The van der Waals surface area contributed by atoms with Crippen molar-refractivity contribution < 1.29 is 4.79 Å². The second-order valence-corrected chi connectivity index (χ2v) is 7.66. The first-order chi connectivity index (χ1) is 11.2. The monoisotopic (exact) mass is 364 g/mol. The Morgan fingerprint density at radius 3 is 3.00 bits per heavy atom. The van der Waals surface area contributed by atoms with Crippen LogP contribution in [0.1, 0.15) is 17.0 Å². The maximum atomic E-state index is 12.0. The predicted octanol–water partition coefficient (Wildman–Crippen LogP) is 3.20. The van der Waals surface area contributed by atoms with Crippen molar-refractivity contribution >= 4 is 45.0 Å². The third-order valence-electron chi connectivity index (χ3n) is 3.23. The van der Waals surface area contributed by atoms with Crippen molar-refractivity contribution in [2.45, 2.75) is 19.3 Å². The van der Waals surface area contributed by atoms with Crippen LogP contribution in [0.15, 0.2) is 28.4 Å². The minimum atomic E-state index is 0.0457. The Bertz CT molecular complexity index is 750. The van der Waals surface area contributed by atoms with Crippen LogP contribution < -0.4 is 11.1 Å². The molecule has 3 N–H and O–H groups in total. The molecule has 0 saturated heterocycles. The minimum absolute atomic E-state index is 0.0457. The number of thiophene rings is 1. The van der Waals surface area contributed by atoms with E-state index >= 15 is 0 Å². The molecule has 3 heterocycles. The van der Waals surface area contributed by atoms with Gasteiger partial charge in [-0.2, -0.15) is 0 Å². The topological polar surface area (TPSA) is 80.9 Å². The number of nitrogens with two attached hydrogens (primary N) is 1. The van der Waals surface area contributed by atoms with Crippen molar-refractivity contribution in [3.63, 3.8) is 0 Å². The molecule has 0 aromatic carbocycles. The first-order valence-corrected chi connectivity index (χ1v) is 9.79. The highest BCUT2D eigenvalue weighted by Crippen LogP contribution is 2.33. The van der Waals surface area contributed by atoms with Crippen LogP contribution in [0.5, 0.6) is 0 Å². The van der Waals surface area contributed by atoms with Crippen LogP contribution in [-0.2, 0) is 17.6 Å². The number of hydrogen-bond acceptors (Lipinski definition) is 7. The Hall–Kier alpha value is -1.77. The molecule has 120 valence electrons. The van der Waals surface area contributed by atoms with Crippen LogP contribution in [0.2, 0.25) is 0 Å². The summed E-state index contributed by atoms with van der Waals surface area (Å²) in [6.45, 7) is 0.616. The van der Waals surface area contributed by atoms with E-state index in [1.54, 1.807) is 28.2 Å². The van der Waals surface area contributed by atoms with Crippen LogP contribution in [0, 0.1) is 0 Å². The smallest absolute Gasteiger partial charge is 0.220 e. The molecule has 0 atom stereocenters. The number of nitrogens with zero attached hydrogens (tertiary/aromatic N) is 2. The van der Waals surface area contributed by atoms with Crippen molar-refractivity contribution in [3.05, 3.63) is 39.0 Å². The fourth-order valence-electron chi connectivity index (χ4n) is 2.15. The molecule has 5 nitrogen and oxygen atoms in total. The second-order valence-electron chi connectivity index (χ2n) is 4.88. The second kappa shape index (κ2) is 7.67. The van der Waals surface area contributed by atoms with E-state index in [9.17, 15) is 4.79 Å². The Kier molecular flexibility index (Phi) is 5.37. The summed E-state index contributed by atoms with van der Waals surface area (Å²) in [5.74, 6) is 0.0457. The first kappa shape index (κ1) is 16.1. The molecule has 0 fully saturated rings. The summed E-state index contributed by atoms with van der Waals surface area (Å²) in [4.78, 5) is 22.7. The highest BCUT2D eigenvalue weighted by Gasteiger charge is 2.14. The summed E-state index contributed by atoms with van der Waals surface area (Å²) < 4.78 is 0. The molecule has 3 rings (SSSR count). The van der Waals surface area contributed by atoms with Gasteiger partial charge in [-0.25, -0.2) is 9.97 Å². The normalized spacial score (nSPS) is 10.8. The maximum absolute atomic E-state index is 12.0. The molecule has 8 heteroatoms. The maximum Gasteiger partial charge on any atom is 0.220 e. The van der Waals surface area contributed by atoms with E-state index in [4.69, 9.17) is 5.73 Å². The van der Waals surface area contributed by atoms with Gasteiger partial charge < -0.3 is 11.1 Å². The lowest BCUT2D eigenvalue weighted by molar-refractivity contribution is -0.121. The number of thiazole rings is 2. The van der Waals surface area contributed by atoms with E-state index in [2.05, 4.69) is 15.3 Å². The Morgan fingerprint density at radius 2 is 2.26 bits per heavy atom. The summed E-state index contributed by atoms with van der Waals surface area (Å²) in [7, 11) is 0. The van der Waals surface area contributed by atoms with E-state index in [1.807, 2.05) is 22.9 Å². The van der Waals surface area contributed by atoms with E-state index in [1.165, 1.54) is 11.3 Å². The standard InChI is InChI=1S/C15H16N4OS3/c16-15-19-14(11-2-1-7-22-11)12(23-15)3-4-13(20)17-6-5-10-8-21-9-18-10/h1-2,7-9H,3-6H2,(H2,16,19)(H,17,20). The van der Waals surface area contributed by atoms with Gasteiger partial charge in [-0.3, -0.25) is 4.79 Å². The fraction of sp³-hybridized carbons (Fsp3) is 0.267. The van der Waals surface area contributed by atoms with Gasteiger partial charge in [0.1, 0.15) is 0 Å². The number of carbonyl (C=O) groups is 1. The lowest BCUT2D eigenvalue weighted by Crippen LogP contribution is -2.25. The summed E-state index contributed by atoms with van der Waals surface area (Å²) in [6, 6.07) is 4.01. The van der Waals surface area contributed by atoms with E-state index in [0.29, 0.717) is 24.5 Å². The number of aromatic nitrogens is 2. The number of amides is 1. The zero-order chi connectivity index (χ0) is 16.1. The molecule has 0 radical (unpaired) electrons. The quantitative estimate of drug-likeness (QED) is 0.674. The molecule has 0 unspecified atom stereocenters. The van der Waals surface area contributed by atoms with E-state index in [-0.39, 0.29) is 5.91 Å². The average molecular weight is 365 g/mol. The lowest BCUT2D eigenvalue weighted by Gasteiger charge is -2.04. The molecule has 0 aliphatic rings. The SMILES string of the molecule is Nc1nc(-c2cccs2)c(CCC(=O)NCCc2cscn2)s1. The van der Waals surface area contributed by atoms with Crippen molar-refractivity contribution in [2.24, 2.45) is 0 Å². The molecule has 23 heavy (non-hydrogen) atoms. The average Bonchev–Trinajstić information content (AvgIpc) is 3.26. The van der Waals surface area contributed by atoms with Gasteiger partial charge in [0.05, 0.1) is 21.8 Å². The van der Waals surface area contributed by atoms with E-state index < -0.39 is 0 Å². The lowest BCUT2D eigenvalue weighted by atomic mass is 10.2. The fourth-order valence-corrected chi connectivity index (χ4v) is 4.40. The highest BCUT2D eigenvalue weighted by molar-refractivity contribution is 7.17. The van der Waals surface area contributed by atoms with Crippen LogP contribution in [0.4, 0.5) is 5.13 Å². The molecule has 0 aliphatic carbocycles. The molecule has 0 bridgehead atoms. The Balaban J connectivity index is 1.51. The highest BCUT2D eigenvalue weighted by atomic mass is 32.1. The molecule has 1 amide bonds. The van der Waals surface area contributed by atoms with Crippen molar-refractivity contribution in [1.29, 1.82) is 0 Å². The number of nitrogens with one attached hydrogen (secondary N) is 1. The van der Waals surface area contributed by atoms with Gasteiger partial charge >= 0.3 is 0 Å². The van der Waals surface area contributed by atoms with Gasteiger partial charge in [0.15, 0.2) is 5.13 Å². The number of anilines is 1. The third-order valence-corrected chi connectivity index (χ3v) is 5.69. The van der Waals surface area contributed by atoms with Crippen molar-refractivity contribution in [1.82, 2.24) is 15.3 Å². The predicted molar refractivity (Wildman–Crippen MR) is 97.0 cm³/mol. The molecular formula is C15H16N4OS3. The summed E-state index contributed by atoms with van der Waals surface area (Å²) >= 11 is 4.66. The van der Waals surface area contributed by atoms with Gasteiger partial charge in [0, 0.05) is 29.6 Å². The molecule has 0 aliphatic heterocycles. The van der Waals surface area contributed by atoms with Gasteiger partial charge in [0.25, 0.3) is 0 Å². The zero-order valence-corrected chi connectivity index (χ0v) is 14.8. The van der Waals surface area contributed by atoms with E-state index in [0.717, 1.165) is 27.6 Å². The number of hydrogen-bond donors (Lipinski definition) is 2. The number of carbonyl (C=O) groups excluding carboxylic acids is 1. The molecule has 0 spiro atoms. The Morgan fingerprint density at radius 1 is 1.35 bits per heavy atom. The summed E-state index contributed by atoms with van der Waals surface area (Å²) in [5.41, 5.74) is 9.57. The molecule has 0 saturated carbocycles. The largest absolute Gasteiger partial charge is 0.375 e. The third kappa shape index (κ3) is 4.37. The van der Waals surface area contributed by atoms with Crippen LogP contribution in [0.25, 0.3) is 10.6 Å². The van der Waals surface area contributed by atoms with Crippen LogP contribution >= 0.6 is 34.0 Å². The van der Waals surface area contributed by atoms with Gasteiger partial charge in [-0.1, -0.05) is 6.07 Å². The molecule has 3 aromatic heterocycles. The number of nitrogen functional groups attached to an aromatic ring is 1. The first-order valence-electron chi connectivity index (χ1n) is 7.15. The number of aryl methyl sites for hydroxylation is 1. The minimum Gasteiger partial charge on any atom is -0.375 e.